The summed E-state index contributed by atoms with van der Waals surface area (Å²) in [6, 6.07) is 9.02. The maximum Gasteiger partial charge on any atom is 0.0470 e. The highest BCUT2D eigenvalue weighted by molar-refractivity contribution is 7.98. The van der Waals surface area contributed by atoms with E-state index in [1.807, 2.05) is 11.8 Å². The predicted molar refractivity (Wildman–Crippen MR) is 83.2 cm³/mol. The molecule has 1 aromatic carbocycles. The Kier molecular flexibility index (Phi) is 7.40. The number of likely N-dealkylation sites (N-methyl/N-ethyl adjacent to an activating group) is 1. The Labute approximate surface area is 116 Å². The van der Waals surface area contributed by atoms with Gasteiger partial charge in [-0.15, -0.1) is 0 Å². The van der Waals surface area contributed by atoms with Gasteiger partial charge in [-0.05, 0) is 49.6 Å². The molecular weight excluding hydrogens is 240 g/mol. The number of hydrogen-bond donors (Lipinski definition) is 1. The molecule has 102 valence electrons. The second-order valence-corrected chi connectivity index (χ2v) is 5.62. The first-order valence-corrected chi connectivity index (χ1v) is 8.11. The van der Waals surface area contributed by atoms with Gasteiger partial charge < -0.3 is 5.73 Å². The molecule has 0 aliphatic carbocycles. The zero-order chi connectivity index (χ0) is 13.4. The fourth-order valence-electron chi connectivity index (χ4n) is 2.34. The van der Waals surface area contributed by atoms with Gasteiger partial charge in [-0.25, -0.2) is 0 Å². The molecule has 0 bridgehead atoms. The average molecular weight is 266 g/mol. The molecular formula is C15H26N2S. The van der Waals surface area contributed by atoms with Crippen molar-refractivity contribution in [2.45, 2.75) is 25.8 Å². The predicted octanol–water partition coefficient (Wildman–Crippen LogP) is 2.93. The van der Waals surface area contributed by atoms with E-state index < -0.39 is 0 Å². The van der Waals surface area contributed by atoms with Crippen molar-refractivity contribution < 1.29 is 0 Å². The van der Waals surface area contributed by atoms with Crippen molar-refractivity contribution in [1.82, 2.24) is 4.90 Å². The fraction of sp³-hybridized carbons (Fsp3) is 0.600. The van der Waals surface area contributed by atoms with Gasteiger partial charge in [0.1, 0.15) is 0 Å². The molecule has 0 aromatic heterocycles. The zero-order valence-electron chi connectivity index (χ0n) is 11.9. The first kappa shape index (κ1) is 15.5. The SMILES string of the molecule is CCc1ccccc1C(CN)N(C)CCCSC. The topological polar surface area (TPSA) is 29.3 Å². The Bertz CT molecular complexity index is 341. The van der Waals surface area contributed by atoms with Crippen LogP contribution in [0.2, 0.25) is 0 Å². The second kappa shape index (κ2) is 8.57. The third-order valence-corrected chi connectivity index (χ3v) is 4.11. The van der Waals surface area contributed by atoms with Crippen LogP contribution >= 0.6 is 11.8 Å². The van der Waals surface area contributed by atoms with Gasteiger partial charge in [0.2, 0.25) is 0 Å². The highest BCUT2D eigenvalue weighted by Crippen LogP contribution is 2.23. The van der Waals surface area contributed by atoms with Crippen molar-refractivity contribution in [3.63, 3.8) is 0 Å². The number of nitrogens with two attached hydrogens (primary N) is 1. The normalized spacial score (nSPS) is 12.9. The molecule has 0 saturated heterocycles. The number of hydrogen-bond acceptors (Lipinski definition) is 3. The molecule has 1 aromatic rings. The molecule has 2 nitrogen and oxygen atoms in total. The van der Waals surface area contributed by atoms with Crippen LogP contribution in [0, 0.1) is 0 Å². The summed E-state index contributed by atoms with van der Waals surface area (Å²) in [5, 5.41) is 0. The Morgan fingerprint density at radius 2 is 2.06 bits per heavy atom. The van der Waals surface area contributed by atoms with Crippen LogP contribution < -0.4 is 5.73 Å². The van der Waals surface area contributed by atoms with E-state index >= 15 is 0 Å². The summed E-state index contributed by atoms with van der Waals surface area (Å²) >= 11 is 1.91. The van der Waals surface area contributed by atoms with Gasteiger partial charge in [-0.2, -0.15) is 11.8 Å². The molecule has 0 radical (unpaired) electrons. The maximum atomic E-state index is 5.99. The van der Waals surface area contributed by atoms with E-state index in [0.29, 0.717) is 12.6 Å². The van der Waals surface area contributed by atoms with Crippen LogP contribution in [-0.2, 0) is 6.42 Å². The van der Waals surface area contributed by atoms with Crippen LogP contribution in [0.3, 0.4) is 0 Å². The molecule has 0 spiro atoms. The van der Waals surface area contributed by atoms with Gasteiger partial charge in [-0.1, -0.05) is 31.2 Å². The molecule has 1 rings (SSSR count). The van der Waals surface area contributed by atoms with Crippen molar-refractivity contribution in [2.24, 2.45) is 5.73 Å². The van der Waals surface area contributed by atoms with E-state index in [9.17, 15) is 0 Å². The number of rotatable bonds is 8. The highest BCUT2D eigenvalue weighted by atomic mass is 32.2. The van der Waals surface area contributed by atoms with Crippen molar-refractivity contribution in [3.05, 3.63) is 35.4 Å². The van der Waals surface area contributed by atoms with E-state index in [0.717, 1.165) is 13.0 Å². The third-order valence-electron chi connectivity index (χ3n) is 3.41. The summed E-state index contributed by atoms with van der Waals surface area (Å²) in [6.45, 7) is 4.01. The number of aryl methyl sites for hydroxylation is 1. The van der Waals surface area contributed by atoms with Gasteiger partial charge in [-0.3, -0.25) is 4.90 Å². The Hall–Kier alpha value is -0.510. The molecule has 0 amide bonds. The van der Waals surface area contributed by atoms with Crippen LogP contribution in [0.15, 0.2) is 24.3 Å². The molecule has 0 fully saturated rings. The highest BCUT2D eigenvalue weighted by Gasteiger charge is 2.17. The van der Waals surface area contributed by atoms with E-state index in [2.05, 4.69) is 49.4 Å². The largest absolute Gasteiger partial charge is 0.329 e. The quantitative estimate of drug-likeness (QED) is 0.734. The van der Waals surface area contributed by atoms with E-state index in [-0.39, 0.29) is 0 Å². The summed E-state index contributed by atoms with van der Waals surface area (Å²) in [6.07, 6.45) is 4.46. The molecule has 0 saturated carbocycles. The first-order chi connectivity index (χ1) is 8.74. The molecule has 0 aliphatic heterocycles. The van der Waals surface area contributed by atoms with Crippen LogP contribution in [0.1, 0.15) is 30.5 Å². The fourth-order valence-corrected chi connectivity index (χ4v) is 2.76. The number of thioether (sulfide) groups is 1. The lowest BCUT2D eigenvalue weighted by molar-refractivity contribution is 0.250. The van der Waals surface area contributed by atoms with E-state index in [1.165, 1.54) is 23.3 Å². The molecule has 1 unspecified atom stereocenters. The van der Waals surface area contributed by atoms with Crippen molar-refractivity contribution in [3.8, 4) is 0 Å². The molecule has 0 aliphatic rings. The van der Waals surface area contributed by atoms with Gasteiger partial charge >= 0.3 is 0 Å². The maximum absolute atomic E-state index is 5.99. The number of benzene rings is 1. The van der Waals surface area contributed by atoms with Gasteiger partial charge in [0.15, 0.2) is 0 Å². The van der Waals surface area contributed by atoms with Crippen molar-refractivity contribution in [2.75, 3.05) is 32.1 Å². The van der Waals surface area contributed by atoms with Crippen molar-refractivity contribution in [1.29, 1.82) is 0 Å². The van der Waals surface area contributed by atoms with E-state index in [1.54, 1.807) is 0 Å². The third kappa shape index (κ3) is 4.30. The van der Waals surface area contributed by atoms with Crippen LogP contribution in [0.25, 0.3) is 0 Å². The van der Waals surface area contributed by atoms with Crippen molar-refractivity contribution >= 4 is 11.8 Å². The molecule has 18 heavy (non-hydrogen) atoms. The minimum Gasteiger partial charge on any atom is -0.329 e. The Balaban J connectivity index is 2.75. The lowest BCUT2D eigenvalue weighted by atomic mass is 9.97. The van der Waals surface area contributed by atoms with Crippen LogP contribution in [-0.4, -0.2) is 37.0 Å². The minimum atomic E-state index is 0.350. The molecule has 3 heteroatoms. The van der Waals surface area contributed by atoms with E-state index in [4.69, 9.17) is 5.73 Å². The van der Waals surface area contributed by atoms with Gasteiger partial charge in [0, 0.05) is 12.6 Å². The summed E-state index contributed by atoms with van der Waals surface area (Å²) in [7, 11) is 2.18. The monoisotopic (exact) mass is 266 g/mol. The Morgan fingerprint density at radius 1 is 1.33 bits per heavy atom. The van der Waals surface area contributed by atoms with Gasteiger partial charge in [0.25, 0.3) is 0 Å². The van der Waals surface area contributed by atoms with Crippen LogP contribution in [0.5, 0.6) is 0 Å². The summed E-state index contributed by atoms with van der Waals surface area (Å²) < 4.78 is 0. The average Bonchev–Trinajstić information content (AvgIpc) is 2.40. The lowest BCUT2D eigenvalue weighted by Gasteiger charge is -2.29. The molecule has 2 N–H and O–H groups in total. The smallest absolute Gasteiger partial charge is 0.0470 e. The number of nitrogens with zero attached hydrogens (tertiary/aromatic N) is 1. The van der Waals surface area contributed by atoms with Crippen LogP contribution in [0.4, 0.5) is 0 Å². The standard InChI is InChI=1S/C15H26N2S/c1-4-13-8-5-6-9-14(13)15(12-16)17(2)10-7-11-18-3/h5-6,8-9,15H,4,7,10-12,16H2,1-3H3. The minimum absolute atomic E-state index is 0.350. The first-order valence-electron chi connectivity index (χ1n) is 6.71. The lowest BCUT2D eigenvalue weighted by Crippen LogP contribution is -2.32. The van der Waals surface area contributed by atoms with Gasteiger partial charge in [0.05, 0.1) is 0 Å². The Morgan fingerprint density at radius 3 is 2.67 bits per heavy atom. The molecule has 1 atom stereocenters. The summed E-state index contributed by atoms with van der Waals surface area (Å²) in [4.78, 5) is 2.39. The molecule has 0 heterocycles. The summed E-state index contributed by atoms with van der Waals surface area (Å²) in [5.74, 6) is 1.22. The zero-order valence-corrected chi connectivity index (χ0v) is 12.7. The summed E-state index contributed by atoms with van der Waals surface area (Å²) in [5.41, 5.74) is 8.81. The second-order valence-electron chi connectivity index (χ2n) is 4.63.